The zero-order valence-electron chi connectivity index (χ0n) is 12.7. The highest BCUT2D eigenvalue weighted by Crippen LogP contribution is 2.23. The maximum absolute atomic E-state index is 12.0. The normalized spacial score (nSPS) is 19.7. The molecular weight excluding hydrogens is 252 g/mol. The lowest BCUT2D eigenvalue weighted by Gasteiger charge is -2.29. The summed E-state index contributed by atoms with van der Waals surface area (Å²) >= 11 is 0. The minimum absolute atomic E-state index is 0.0330. The van der Waals surface area contributed by atoms with Gasteiger partial charge in [-0.1, -0.05) is 18.2 Å². The molecule has 4 heteroatoms. The predicted molar refractivity (Wildman–Crippen MR) is 80.9 cm³/mol. The lowest BCUT2D eigenvalue weighted by atomic mass is 10.0. The third kappa shape index (κ3) is 3.97. The van der Waals surface area contributed by atoms with Gasteiger partial charge in [-0.3, -0.25) is 4.79 Å². The maximum atomic E-state index is 12.0. The van der Waals surface area contributed by atoms with Crippen LogP contribution in [0.25, 0.3) is 0 Å². The molecule has 0 saturated carbocycles. The Labute approximate surface area is 120 Å². The van der Waals surface area contributed by atoms with E-state index in [-0.39, 0.29) is 17.6 Å². The molecule has 1 aliphatic heterocycles. The van der Waals surface area contributed by atoms with Crippen molar-refractivity contribution in [3.8, 4) is 0 Å². The van der Waals surface area contributed by atoms with Gasteiger partial charge in [0, 0.05) is 24.2 Å². The Morgan fingerprint density at radius 1 is 1.40 bits per heavy atom. The first kappa shape index (κ1) is 14.9. The van der Waals surface area contributed by atoms with Crippen LogP contribution in [0.4, 0.5) is 5.69 Å². The van der Waals surface area contributed by atoms with Crippen LogP contribution >= 0.6 is 0 Å². The molecule has 2 atom stereocenters. The van der Waals surface area contributed by atoms with E-state index in [4.69, 9.17) is 4.74 Å². The molecule has 0 radical (unpaired) electrons. The number of para-hydroxylation sites is 1. The number of rotatable bonds is 3. The summed E-state index contributed by atoms with van der Waals surface area (Å²) in [6, 6.07) is 8.21. The van der Waals surface area contributed by atoms with Gasteiger partial charge in [-0.2, -0.15) is 0 Å². The topological polar surface area (TPSA) is 50.4 Å². The Kier molecular flexibility index (Phi) is 4.33. The van der Waals surface area contributed by atoms with Crippen LogP contribution < -0.4 is 10.6 Å². The summed E-state index contributed by atoms with van der Waals surface area (Å²) in [6.07, 6.45) is 0.438. The molecule has 1 aromatic carbocycles. The van der Waals surface area contributed by atoms with E-state index < -0.39 is 6.10 Å². The molecule has 0 aliphatic carbocycles. The van der Waals surface area contributed by atoms with Crippen LogP contribution in [0.5, 0.6) is 0 Å². The van der Waals surface area contributed by atoms with Crippen LogP contribution in [-0.4, -0.2) is 30.2 Å². The number of ether oxygens (including phenoxy) is 1. The van der Waals surface area contributed by atoms with E-state index in [2.05, 4.69) is 22.8 Å². The largest absolute Gasteiger partial charge is 0.382 e. The van der Waals surface area contributed by atoms with E-state index in [0.717, 1.165) is 13.0 Å². The van der Waals surface area contributed by atoms with Gasteiger partial charge in [0.05, 0.1) is 6.10 Å². The lowest BCUT2D eigenvalue weighted by molar-refractivity contribution is -0.136. The van der Waals surface area contributed by atoms with Crippen molar-refractivity contribution in [3.63, 3.8) is 0 Å². The number of benzene rings is 1. The molecule has 20 heavy (non-hydrogen) atoms. The van der Waals surface area contributed by atoms with Crippen molar-refractivity contribution in [2.24, 2.45) is 0 Å². The Hall–Kier alpha value is -1.55. The second-order valence-corrected chi connectivity index (χ2v) is 6.38. The Morgan fingerprint density at radius 2 is 2.10 bits per heavy atom. The molecule has 1 aliphatic rings. The maximum Gasteiger partial charge on any atom is 0.249 e. The fourth-order valence-corrected chi connectivity index (χ4v) is 2.33. The van der Waals surface area contributed by atoms with Gasteiger partial charge in [-0.15, -0.1) is 0 Å². The number of anilines is 1. The summed E-state index contributed by atoms with van der Waals surface area (Å²) < 4.78 is 5.88. The summed E-state index contributed by atoms with van der Waals surface area (Å²) in [6.45, 7) is 8.45. The molecule has 2 unspecified atom stereocenters. The minimum atomic E-state index is -0.439. The Bertz CT molecular complexity index is 480. The van der Waals surface area contributed by atoms with Gasteiger partial charge >= 0.3 is 0 Å². The molecule has 110 valence electrons. The second-order valence-electron chi connectivity index (χ2n) is 6.38. The average molecular weight is 276 g/mol. The van der Waals surface area contributed by atoms with Gasteiger partial charge in [0.2, 0.25) is 5.91 Å². The van der Waals surface area contributed by atoms with Crippen molar-refractivity contribution in [1.82, 2.24) is 5.32 Å². The van der Waals surface area contributed by atoms with Crippen molar-refractivity contribution in [2.45, 2.75) is 51.9 Å². The van der Waals surface area contributed by atoms with Crippen molar-refractivity contribution in [1.29, 1.82) is 0 Å². The molecule has 1 aromatic rings. The number of hydrogen-bond donors (Lipinski definition) is 2. The first-order chi connectivity index (χ1) is 9.35. The van der Waals surface area contributed by atoms with E-state index in [1.165, 1.54) is 11.3 Å². The highest BCUT2D eigenvalue weighted by atomic mass is 16.5. The number of carbonyl (C=O) groups is 1. The fraction of sp³-hybridized carbons (Fsp3) is 0.562. The first-order valence-electron chi connectivity index (χ1n) is 7.14. The van der Waals surface area contributed by atoms with Gasteiger partial charge in [-0.05, 0) is 39.3 Å². The van der Waals surface area contributed by atoms with Crippen LogP contribution in [0.15, 0.2) is 24.3 Å². The molecule has 1 amide bonds. The number of carbonyl (C=O) groups excluding carboxylic acids is 1. The molecule has 0 saturated heterocycles. The molecule has 0 aromatic heterocycles. The van der Waals surface area contributed by atoms with Crippen LogP contribution in [0.1, 0.15) is 33.3 Å². The van der Waals surface area contributed by atoms with E-state index >= 15 is 0 Å². The fourth-order valence-electron chi connectivity index (χ4n) is 2.33. The molecule has 2 N–H and O–H groups in total. The summed E-state index contributed by atoms with van der Waals surface area (Å²) in [7, 11) is 0. The highest BCUT2D eigenvalue weighted by molar-refractivity contribution is 5.81. The SMILES string of the molecule is CC(OC1CNc2ccccc2C1)C(=O)NC(C)(C)C. The summed E-state index contributed by atoms with van der Waals surface area (Å²) in [4.78, 5) is 12.0. The molecule has 0 bridgehead atoms. The standard InChI is InChI=1S/C16H24N2O2/c1-11(15(19)18-16(2,3)4)20-13-9-12-7-5-6-8-14(12)17-10-13/h5-8,11,13,17H,9-10H2,1-4H3,(H,18,19). The predicted octanol–water partition coefficient (Wildman–Crippen LogP) is 2.34. The molecule has 1 heterocycles. The molecule has 0 spiro atoms. The van der Waals surface area contributed by atoms with Crippen LogP contribution in [0, 0.1) is 0 Å². The summed E-state index contributed by atoms with van der Waals surface area (Å²) in [5.41, 5.74) is 2.18. The van der Waals surface area contributed by atoms with E-state index in [1.807, 2.05) is 39.8 Å². The van der Waals surface area contributed by atoms with Crippen molar-refractivity contribution in [3.05, 3.63) is 29.8 Å². The van der Waals surface area contributed by atoms with Crippen LogP contribution in [0.3, 0.4) is 0 Å². The van der Waals surface area contributed by atoms with Gasteiger partial charge in [0.25, 0.3) is 0 Å². The quantitative estimate of drug-likeness (QED) is 0.891. The number of hydrogen-bond acceptors (Lipinski definition) is 3. The van der Waals surface area contributed by atoms with Gasteiger partial charge in [0.1, 0.15) is 6.10 Å². The van der Waals surface area contributed by atoms with Crippen molar-refractivity contribution < 1.29 is 9.53 Å². The zero-order valence-corrected chi connectivity index (χ0v) is 12.7. The monoisotopic (exact) mass is 276 g/mol. The van der Waals surface area contributed by atoms with Crippen molar-refractivity contribution >= 4 is 11.6 Å². The van der Waals surface area contributed by atoms with E-state index in [9.17, 15) is 4.79 Å². The van der Waals surface area contributed by atoms with E-state index in [0.29, 0.717) is 0 Å². The van der Waals surface area contributed by atoms with Gasteiger partial charge in [0.15, 0.2) is 0 Å². The first-order valence-corrected chi connectivity index (χ1v) is 7.14. The molecule has 2 rings (SSSR count). The third-order valence-corrected chi connectivity index (χ3v) is 3.25. The molecule has 4 nitrogen and oxygen atoms in total. The Balaban J connectivity index is 1.90. The minimum Gasteiger partial charge on any atom is -0.382 e. The van der Waals surface area contributed by atoms with Gasteiger partial charge in [-0.25, -0.2) is 0 Å². The van der Waals surface area contributed by atoms with Crippen LogP contribution in [-0.2, 0) is 16.0 Å². The number of amides is 1. The van der Waals surface area contributed by atoms with Gasteiger partial charge < -0.3 is 15.4 Å². The summed E-state index contributed by atoms with van der Waals surface area (Å²) in [5, 5.41) is 6.29. The van der Waals surface area contributed by atoms with Crippen LogP contribution in [0.2, 0.25) is 0 Å². The smallest absolute Gasteiger partial charge is 0.249 e. The van der Waals surface area contributed by atoms with Crippen molar-refractivity contribution in [2.75, 3.05) is 11.9 Å². The summed E-state index contributed by atoms with van der Waals surface area (Å²) in [5.74, 6) is -0.0589. The number of nitrogens with one attached hydrogen (secondary N) is 2. The Morgan fingerprint density at radius 3 is 2.80 bits per heavy atom. The number of fused-ring (bicyclic) bond motifs is 1. The molecule has 0 fully saturated rings. The highest BCUT2D eigenvalue weighted by Gasteiger charge is 2.25. The third-order valence-electron chi connectivity index (χ3n) is 3.25. The molecular formula is C16H24N2O2. The van der Waals surface area contributed by atoms with E-state index in [1.54, 1.807) is 0 Å². The average Bonchev–Trinajstić information content (AvgIpc) is 2.36. The zero-order chi connectivity index (χ0) is 14.8. The lowest BCUT2D eigenvalue weighted by Crippen LogP contribution is -2.47. The second kappa shape index (κ2) is 5.83.